The zero-order chi connectivity index (χ0) is 20.7. The van der Waals surface area contributed by atoms with Crippen LogP contribution in [0.25, 0.3) is 10.8 Å². The summed E-state index contributed by atoms with van der Waals surface area (Å²) in [6, 6.07) is 11.8. The third-order valence-corrected chi connectivity index (χ3v) is 5.27. The maximum atomic E-state index is 14.2. The van der Waals surface area contributed by atoms with E-state index in [0.717, 1.165) is 5.56 Å². The van der Waals surface area contributed by atoms with E-state index >= 15 is 0 Å². The third kappa shape index (κ3) is 2.93. The molecule has 30 heavy (non-hydrogen) atoms. The Bertz CT molecular complexity index is 1270. The number of aromatic nitrogens is 5. The van der Waals surface area contributed by atoms with Crippen LogP contribution >= 0.6 is 0 Å². The van der Waals surface area contributed by atoms with Crippen molar-refractivity contribution in [1.29, 1.82) is 0 Å². The second-order valence-corrected chi connectivity index (χ2v) is 7.01. The number of nitrogens with zero attached hydrogens (tertiary/aromatic N) is 4. The predicted octanol–water partition coefficient (Wildman–Crippen LogP) is 1.45. The fourth-order valence-corrected chi connectivity index (χ4v) is 4.00. The summed E-state index contributed by atoms with van der Waals surface area (Å²) in [4.78, 5) is 16.8. The summed E-state index contributed by atoms with van der Waals surface area (Å²) in [6.45, 7) is 0.143. The number of hydrazine groups is 1. The predicted molar refractivity (Wildman–Crippen MR) is 107 cm³/mol. The van der Waals surface area contributed by atoms with Crippen LogP contribution in [0.3, 0.4) is 0 Å². The van der Waals surface area contributed by atoms with Gasteiger partial charge >= 0.3 is 0 Å². The second kappa shape index (κ2) is 7.32. The van der Waals surface area contributed by atoms with Crippen molar-refractivity contribution in [3.63, 3.8) is 0 Å². The molecule has 0 saturated carbocycles. The average molecular weight is 407 g/mol. The normalized spacial score (nSPS) is 18.2. The zero-order valence-electron chi connectivity index (χ0n) is 15.7. The highest BCUT2D eigenvalue weighted by molar-refractivity contribution is 5.96. The van der Waals surface area contributed by atoms with E-state index in [1.54, 1.807) is 4.68 Å². The van der Waals surface area contributed by atoms with Gasteiger partial charge in [0.1, 0.15) is 18.0 Å². The molecule has 1 aliphatic heterocycles. The highest BCUT2D eigenvalue weighted by Crippen LogP contribution is 2.41. The summed E-state index contributed by atoms with van der Waals surface area (Å²) >= 11 is 0. The molecule has 0 radical (unpaired) electrons. The first-order chi connectivity index (χ1) is 14.7. The van der Waals surface area contributed by atoms with Crippen molar-refractivity contribution in [2.45, 2.75) is 18.5 Å². The topological polar surface area (TPSA) is 121 Å². The highest BCUT2D eigenvalue weighted by atomic mass is 19.1. The van der Waals surface area contributed by atoms with Crippen LogP contribution in [0.1, 0.15) is 29.0 Å². The molecule has 2 unspecified atom stereocenters. The molecule has 0 fully saturated rings. The summed E-state index contributed by atoms with van der Waals surface area (Å²) in [7, 11) is 0. The molecule has 4 aromatic rings. The first-order valence-corrected chi connectivity index (χ1v) is 9.44. The molecule has 5 rings (SSSR count). The van der Waals surface area contributed by atoms with E-state index in [-0.39, 0.29) is 24.6 Å². The van der Waals surface area contributed by atoms with E-state index in [9.17, 15) is 14.3 Å². The van der Waals surface area contributed by atoms with Crippen LogP contribution < -0.4 is 16.4 Å². The first kappa shape index (κ1) is 18.4. The molecule has 1 aliphatic rings. The first-order valence-electron chi connectivity index (χ1n) is 9.44. The molecule has 9 nitrogen and oxygen atoms in total. The minimum atomic E-state index is -0.535. The molecular weight excluding hydrogens is 389 g/mol. The van der Waals surface area contributed by atoms with E-state index in [1.165, 1.54) is 18.5 Å². The Balaban J connectivity index is 1.82. The Morgan fingerprint density at radius 2 is 2.03 bits per heavy atom. The van der Waals surface area contributed by atoms with Gasteiger partial charge in [-0.2, -0.15) is 10.2 Å². The molecule has 2 atom stereocenters. The Labute approximate surface area is 169 Å². The molecule has 0 amide bonds. The van der Waals surface area contributed by atoms with Crippen LogP contribution in [-0.2, 0) is 6.54 Å². The smallest absolute Gasteiger partial charge is 0.272 e. The van der Waals surface area contributed by atoms with Crippen molar-refractivity contribution in [3.05, 3.63) is 82.0 Å². The number of aliphatic hydroxyl groups is 1. The van der Waals surface area contributed by atoms with Crippen molar-refractivity contribution in [1.82, 2.24) is 30.4 Å². The zero-order valence-corrected chi connectivity index (χ0v) is 15.7. The molecule has 3 heterocycles. The maximum Gasteiger partial charge on any atom is 0.272 e. The van der Waals surface area contributed by atoms with Gasteiger partial charge in [0.2, 0.25) is 0 Å². The van der Waals surface area contributed by atoms with Gasteiger partial charge in [-0.25, -0.2) is 24.6 Å². The minimum absolute atomic E-state index is 0.110. The molecule has 0 spiro atoms. The molecule has 152 valence electrons. The molecule has 10 heteroatoms. The van der Waals surface area contributed by atoms with Gasteiger partial charge in [0.15, 0.2) is 0 Å². The fraction of sp³-hybridized carbons (Fsp3) is 0.200. The van der Waals surface area contributed by atoms with Crippen molar-refractivity contribution in [3.8, 4) is 0 Å². The molecule has 0 bridgehead atoms. The van der Waals surface area contributed by atoms with Gasteiger partial charge in [-0.15, -0.1) is 0 Å². The summed E-state index contributed by atoms with van der Waals surface area (Å²) in [5, 5.41) is 21.2. The van der Waals surface area contributed by atoms with Crippen LogP contribution in [0.4, 0.5) is 10.1 Å². The Hall–Kier alpha value is -3.63. The van der Waals surface area contributed by atoms with Crippen LogP contribution in [0.5, 0.6) is 0 Å². The lowest BCUT2D eigenvalue weighted by molar-refractivity contribution is 0.265. The fourth-order valence-electron chi connectivity index (χ4n) is 4.00. The van der Waals surface area contributed by atoms with Gasteiger partial charge in [-0.05, 0) is 17.7 Å². The Kier molecular flexibility index (Phi) is 4.49. The van der Waals surface area contributed by atoms with Crippen molar-refractivity contribution in [2.24, 2.45) is 0 Å². The van der Waals surface area contributed by atoms with E-state index < -0.39 is 17.3 Å². The SMILES string of the molecule is O=c1[nH]nc2c3c(cc(F)cc13)NNC(c1ccccc1)C2c1ncnn1CCO. The molecule has 2 aromatic carbocycles. The standard InChI is InChI=1S/C20H18FN7O2/c21-12-8-13-15-14(9-12)24-25-17(11-4-2-1-3-5-11)16(18(15)26-27-20(13)30)19-22-10-23-28(19)6-7-29/h1-5,8-10,16-17,24-25,29H,6-7H2,(H,27,30). The number of halogens is 1. The quantitative estimate of drug-likeness (QED) is 0.404. The number of hydrogen-bond acceptors (Lipinski definition) is 7. The van der Waals surface area contributed by atoms with Crippen LogP contribution in [-0.4, -0.2) is 36.7 Å². The number of rotatable bonds is 4. The van der Waals surface area contributed by atoms with Gasteiger partial charge in [-0.1, -0.05) is 30.3 Å². The molecule has 2 aromatic heterocycles. The number of nitrogens with one attached hydrogen (secondary N) is 3. The van der Waals surface area contributed by atoms with E-state index in [4.69, 9.17) is 0 Å². The number of H-pyrrole nitrogens is 1. The summed E-state index contributed by atoms with van der Waals surface area (Å²) in [6.07, 6.45) is 1.42. The monoisotopic (exact) mass is 407 g/mol. The van der Waals surface area contributed by atoms with Gasteiger partial charge in [0.05, 0.1) is 41.9 Å². The lowest BCUT2D eigenvalue weighted by atomic mass is 9.88. The Morgan fingerprint density at radius 3 is 2.83 bits per heavy atom. The third-order valence-electron chi connectivity index (χ3n) is 5.27. The van der Waals surface area contributed by atoms with E-state index in [1.807, 2.05) is 30.3 Å². The number of aliphatic hydroxyl groups excluding tert-OH is 1. The van der Waals surface area contributed by atoms with E-state index in [2.05, 4.69) is 31.1 Å². The minimum Gasteiger partial charge on any atom is -0.394 e. The average Bonchev–Trinajstić information content (AvgIpc) is 3.14. The highest BCUT2D eigenvalue weighted by Gasteiger charge is 2.36. The maximum absolute atomic E-state index is 14.2. The summed E-state index contributed by atoms with van der Waals surface area (Å²) in [5.41, 5.74) is 7.69. The summed E-state index contributed by atoms with van der Waals surface area (Å²) < 4.78 is 15.8. The van der Waals surface area contributed by atoms with Gasteiger partial charge in [-0.3, -0.25) is 4.79 Å². The van der Waals surface area contributed by atoms with Crippen molar-refractivity contribution < 1.29 is 9.50 Å². The lowest BCUT2D eigenvalue weighted by Gasteiger charge is -2.26. The Morgan fingerprint density at radius 1 is 1.20 bits per heavy atom. The van der Waals surface area contributed by atoms with Crippen molar-refractivity contribution in [2.75, 3.05) is 12.0 Å². The summed E-state index contributed by atoms with van der Waals surface area (Å²) in [5.74, 6) is -0.460. The van der Waals surface area contributed by atoms with E-state index in [0.29, 0.717) is 22.6 Å². The molecule has 4 N–H and O–H groups in total. The second-order valence-electron chi connectivity index (χ2n) is 7.01. The van der Waals surface area contributed by atoms with Crippen LogP contribution in [0.15, 0.2) is 53.6 Å². The van der Waals surface area contributed by atoms with Gasteiger partial charge in [0.25, 0.3) is 5.56 Å². The molecular formula is C20H18FN7O2. The van der Waals surface area contributed by atoms with Crippen LogP contribution in [0.2, 0.25) is 0 Å². The van der Waals surface area contributed by atoms with Crippen LogP contribution in [0, 0.1) is 5.82 Å². The number of anilines is 1. The molecule has 0 aliphatic carbocycles. The molecule has 0 saturated heterocycles. The number of benzene rings is 2. The van der Waals surface area contributed by atoms with Gasteiger partial charge < -0.3 is 10.5 Å². The lowest BCUT2D eigenvalue weighted by Crippen LogP contribution is -2.32. The number of aromatic amines is 1. The van der Waals surface area contributed by atoms with Crippen molar-refractivity contribution >= 4 is 16.5 Å². The van der Waals surface area contributed by atoms with Gasteiger partial charge in [0, 0.05) is 5.39 Å². The number of hydrogen-bond donors (Lipinski definition) is 4. The largest absolute Gasteiger partial charge is 0.394 e.